The van der Waals surface area contributed by atoms with Crippen molar-refractivity contribution in [3.63, 3.8) is 0 Å². The second-order valence-electron chi connectivity index (χ2n) is 8.68. The normalized spacial score (nSPS) is 11.3. The van der Waals surface area contributed by atoms with E-state index < -0.39 is 30.1 Å². The molecule has 0 aliphatic rings. The van der Waals surface area contributed by atoms with E-state index in [0.717, 1.165) is 16.9 Å². The molecule has 0 fully saturated rings. The lowest BCUT2D eigenvalue weighted by Gasteiger charge is -2.19. The van der Waals surface area contributed by atoms with Gasteiger partial charge in [-0.15, -0.1) is 0 Å². The molecule has 0 aliphatic carbocycles. The molecule has 224 valence electrons. The average molecular weight is 593 g/mol. The first kappa shape index (κ1) is 33.2. The smallest absolute Gasteiger partial charge is 0.481 e. The van der Waals surface area contributed by atoms with Crippen molar-refractivity contribution in [2.75, 3.05) is 18.4 Å². The van der Waals surface area contributed by atoms with Crippen molar-refractivity contribution < 1.29 is 47.0 Å². The summed E-state index contributed by atoms with van der Waals surface area (Å²) < 4.78 is 45.0. The Kier molecular flexibility index (Phi) is 12.9. The van der Waals surface area contributed by atoms with Gasteiger partial charge >= 0.3 is 18.1 Å². The number of alkyl halides is 3. The fourth-order valence-electron chi connectivity index (χ4n) is 3.45. The monoisotopic (exact) mass is 592 g/mol. The Labute approximate surface area is 237 Å². The Morgan fingerprint density at radius 1 is 0.881 bits per heavy atom. The highest BCUT2D eigenvalue weighted by Crippen LogP contribution is 2.25. The van der Waals surface area contributed by atoms with Crippen molar-refractivity contribution in [3.05, 3.63) is 84.3 Å². The molecule has 0 spiro atoms. The zero-order valence-electron chi connectivity index (χ0n) is 22.0. The molecule has 3 rings (SSSR count). The molecule has 1 atom stereocenters. The number of carbonyl (C=O) groups excluding carboxylic acids is 2. The summed E-state index contributed by atoms with van der Waals surface area (Å²) in [6.45, 7) is 0.294. The topological polar surface area (TPSA) is 158 Å². The maximum Gasteiger partial charge on any atom is 0.490 e. The van der Waals surface area contributed by atoms with Crippen LogP contribution in [0.5, 0.6) is 0 Å². The zero-order chi connectivity index (χ0) is 31.1. The molecule has 3 aromatic rings. The van der Waals surface area contributed by atoms with Gasteiger partial charge in [-0.1, -0.05) is 36.4 Å². The van der Waals surface area contributed by atoms with Crippen LogP contribution >= 0.6 is 0 Å². The van der Waals surface area contributed by atoms with Gasteiger partial charge in [0, 0.05) is 19.2 Å². The Balaban J connectivity index is 0.000000782. The number of aliphatic carboxylic acids is 2. The number of benzene rings is 2. The van der Waals surface area contributed by atoms with E-state index in [9.17, 15) is 37.1 Å². The van der Waals surface area contributed by atoms with Crippen molar-refractivity contribution in [1.82, 2.24) is 15.6 Å². The SMILES string of the molecule is O=C(O)C(F)(F)F.O=C(O)CC(NC(=O)CNC(=O)CCCNc1ccccn1)c1cccc(-c2ccc(F)cc2)c1. The number of hydrogen-bond donors (Lipinski definition) is 5. The number of nitrogens with one attached hydrogen (secondary N) is 3. The summed E-state index contributed by atoms with van der Waals surface area (Å²) in [7, 11) is 0. The van der Waals surface area contributed by atoms with Crippen molar-refractivity contribution >= 4 is 29.6 Å². The Morgan fingerprint density at radius 3 is 2.17 bits per heavy atom. The van der Waals surface area contributed by atoms with Crippen LogP contribution in [0.2, 0.25) is 0 Å². The van der Waals surface area contributed by atoms with E-state index in [1.807, 2.05) is 24.3 Å². The van der Waals surface area contributed by atoms with E-state index in [4.69, 9.17) is 9.90 Å². The van der Waals surface area contributed by atoms with Crippen molar-refractivity contribution in [2.24, 2.45) is 0 Å². The lowest BCUT2D eigenvalue weighted by atomic mass is 9.97. The third-order valence-corrected chi connectivity index (χ3v) is 5.42. The Morgan fingerprint density at radius 2 is 1.57 bits per heavy atom. The molecule has 14 heteroatoms. The van der Waals surface area contributed by atoms with Gasteiger partial charge in [-0.05, 0) is 53.4 Å². The molecule has 0 saturated carbocycles. The van der Waals surface area contributed by atoms with Crippen LogP contribution < -0.4 is 16.0 Å². The summed E-state index contributed by atoms with van der Waals surface area (Å²) in [5.41, 5.74) is 2.12. The molecule has 42 heavy (non-hydrogen) atoms. The van der Waals surface area contributed by atoms with Crippen LogP contribution in [-0.4, -0.2) is 58.2 Å². The summed E-state index contributed by atoms with van der Waals surface area (Å²) in [6.07, 6.45) is -2.96. The molecule has 2 amide bonds. The molecule has 2 aromatic carbocycles. The first-order valence-corrected chi connectivity index (χ1v) is 12.4. The number of halogens is 4. The predicted molar refractivity (Wildman–Crippen MR) is 144 cm³/mol. The Bertz CT molecular complexity index is 1340. The molecule has 5 N–H and O–H groups in total. The van der Waals surface area contributed by atoms with Crippen LogP contribution in [0.25, 0.3) is 11.1 Å². The van der Waals surface area contributed by atoms with E-state index in [2.05, 4.69) is 20.9 Å². The summed E-state index contributed by atoms with van der Waals surface area (Å²) >= 11 is 0. The van der Waals surface area contributed by atoms with Gasteiger partial charge in [-0.25, -0.2) is 14.2 Å². The minimum atomic E-state index is -5.08. The van der Waals surface area contributed by atoms with Crippen molar-refractivity contribution in [1.29, 1.82) is 0 Å². The van der Waals surface area contributed by atoms with Gasteiger partial charge in [-0.3, -0.25) is 14.4 Å². The highest BCUT2D eigenvalue weighted by molar-refractivity contribution is 5.85. The molecular weight excluding hydrogens is 564 g/mol. The average Bonchev–Trinajstić information content (AvgIpc) is 2.94. The van der Waals surface area contributed by atoms with Crippen molar-refractivity contribution in [2.45, 2.75) is 31.5 Å². The van der Waals surface area contributed by atoms with Gasteiger partial charge < -0.3 is 26.2 Å². The summed E-state index contributed by atoms with van der Waals surface area (Å²) in [5, 5.41) is 24.8. The molecule has 0 bridgehead atoms. The standard InChI is InChI=1S/C26H27FN4O4.C2HF3O2/c27-21-11-9-18(10-12-21)19-5-3-6-20(15-19)22(16-26(34)35)31-25(33)17-30-24(32)8-4-14-29-23-7-1-2-13-28-23;3-2(4,5)1(6)7/h1-3,5-7,9-13,15,22H,4,8,14,16-17H2,(H,28,29)(H,30,32)(H,31,33)(H,34,35);(H,6,7). The molecule has 0 saturated heterocycles. The minimum absolute atomic E-state index is 0.228. The summed E-state index contributed by atoms with van der Waals surface area (Å²) in [4.78, 5) is 48.9. The number of nitrogens with zero attached hydrogens (tertiary/aromatic N) is 1. The summed E-state index contributed by atoms with van der Waals surface area (Å²) in [5.74, 6) is -4.24. The number of amides is 2. The molecule has 1 aromatic heterocycles. The van der Waals surface area contributed by atoms with Crippen LogP contribution in [0.3, 0.4) is 0 Å². The first-order chi connectivity index (χ1) is 19.8. The van der Waals surface area contributed by atoms with Gasteiger partial charge in [-0.2, -0.15) is 13.2 Å². The van der Waals surface area contributed by atoms with Crippen LogP contribution in [-0.2, 0) is 19.2 Å². The quantitative estimate of drug-likeness (QED) is 0.155. The zero-order valence-corrected chi connectivity index (χ0v) is 22.0. The second-order valence-corrected chi connectivity index (χ2v) is 8.68. The van der Waals surface area contributed by atoms with Gasteiger partial charge in [0.05, 0.1) is 19.0 Å². The van der Waals surface area contributed by atoms with Crippen LogP contribution in [0.15, 0.2) is 72.9 Å². The molecule has 0 aliphatic heterocycles. The second kappa shape index (κ2) is 16.3. The molecule has 10 nitrogen and oxygen atoms in total. The number of pyridine rings is 1. The van der Waals surface area contributed by atoms with Crippen LogP contribution in [0, 0.1) is 5.82 Å². The number of aromatic nitrogens is 1. The number of carboxylic acid groups (broad SMARTS) is 2. The lowest BCUT2D eigenvalue weighted by Crippen LogP contribution is -2.39. The number of carboxylic acids is 2. The third kappa shape index (κ3) is 12.4. The van der Waals surface area contributed by atoms with E-state index in [0.29, 0.717) is 18.5 Å². The number of anilines is 1. The lowest BCUT2D eigenvalue weighted by molar-refractivity contribution is -0.192. The van der Waals surface area contributed by atoms with Crippen molar-refractivity contribution in [3.8, 4) is 11.1 Å². The van der Waals surface area contributed by atoms with E-state index in [1.165, 1.54) is 12.1 Å². The highest BCUT2D eigenvalue weighted by Gasteiger charge is 2.38. The maximum atomic E-state index is 13.2. The number of hydrogen-bond acceptors (Lipinski definition) is 6. The largest absolute Gasteiger partial charge is 0.490 e. The van der Waals surface area contributed by atoms with Gasteiger partial charge in [0.15, 0.2) is 0 Å². The van der Waals surface area contributed by atoms with Gasteiger partial charge in [0.25, 0.3) is 0 Å². The highest BCUT2D eigenvalue weighted by atomic mass is 19.4. The third-order valence-electron chi connectivity index (χ3n) is 5.42. The molecule has 0 radical (unpaired) electrons. The molecular formula is C28H28F4N4O6. The van der Waals surface area contributed by atoms with E-state index in [1.54, 1.807) is 36.5 Å². The summed E-state index contributed by atoms with van der Waals surface area (Å²) in [6, 6.07) is 17.7. The fraction of sp³-hybridized carbons (Fsp3) is 0.250. The molecule has 1 heterocycles. The molecule has 1 unspecified atom stereocenters. The first-order valence-electron chi connectivity index (χ1n) is 12.4. The Hall–Kier alpha value is -5.01. The number of carbonyl (C=O) groups is 4. The van der Waals surface area contributed by atoms with Gasteiger partial charge in [0.2, 0.25) is 11.8 Å². The minimum Gasteiger partial charge on any atom is -0.481 e. The van der Waals surface area contributed by atoms with Crippen LogP contribution in [0.4, 0.5) is 23.4 Å². The van der Waals surface area contributed by atoms with Crippen LogP contribution in [0.1, 0.15) is 30.9 Å². The predicted octanol–water partition coefficient (Wildman–Crippen LogP) is 4.16. The van der Waals surface area contributed by atoms with Gasteiger partial charge in [0.1, 0.15) is 11.6 Å². The van der Waals surface area contributed by atoms with E-state index >= 15 is 0 Å². The maximum absolute atomic E-state index is 13.2. The number of rotatable bonds is 12. The fourth-order valence-corrected chi connectivity index (χ4v) is 3.45. The van der Waals surface area contributed by atoms with E-state index in [-0.39, 0.29) is 31.1 Å².